The third-order valence-corrected chi connectivity index (χ3v) is 6.05. The molecule has 6 heteroatoms. The van der Waals surface area contributed by atoms with Gasteiger partial charge in [0.25, 0.3) is 0 Å². The molecule has 4 nitrogen and oxygen atoms in total. The molecule has 0 saturated carbocycles. The van der Waals surface area contributed by atoms with Gasteiger partial charge in [0.1, 0.15) is 0 Å². The van der Waals surface area contributed by atoms with Crippen molar-refractivity contribution in [3.8, 4) is 0 Å². The number of benzene rings is 1. The highest BCUT2D eigenvalue weighted by atomic mass is 35.5. The first-order valence-electron chi connectivity index (χ1n) is 8.15. The third kappa shape index (κ3) is 3.66. The number of carbonyl (C=O) groups excluding carboxylic acids is 2. The van der Waals surface area contributed by atoms with E-state index in [9.17, 15) is 9.59 Å². The van der Waals surface area contributed by atoms with Crippen molar-refractivity contribution in [1.29, 1.82) is 0 Å². The Bertz CT molecular complexity index is 623. The summed E-state index contributed by atoms with van der Waals surface area (Å²) < 4.78 is 0. The van der Waals surface area contributed by atoms with Crippen LogP contribution >= 0.6 is 23.4 Å². The number of anilines is 1. The quantitative estimate of drug-likeness (QED) is 0.896. The summed E-state index contributed by atoms with van der Waals surface area (Å²) >= 11 is 7.41. The molecule has 0 aromatic heterocycles. The van der Waals surface area contributed by atoms with E-state index in [-0.39, 0.29) is 23.5 Å². The van der Waals surface area contributed by atoms with E-state index >= 15 is 0 Å². The number of amides is 2. The van der Waals surface area contributed by atoms with Crippen molar-refractivity contribution in [3.63, 3.8) is 0 Å². The Labute approximate surface area is 145 Å². The predicted molar refractivity (Wildman–Crippen MR) is 94.0 cm³/mol. The molecule has 23 heavy (non-hydrogen) atoms. The van der Waals surface area contributed by atoms with Crippen molar-refractivity contribution in [2.45, 2.75) is 55.2 Å². The molecule has 2 atom stereocenters. The van der Waals surface area contributed by atoms with Gasteiger partial charge >= 0.3 is 0 Å². The number of hydrogen-bond acceptors (Lipinski definition) is 3. The summed E-state index contributed by atoms with van der Waals surface area (Å²) in [6.07, 6.45) is 4.57. The van der Waals surface area contributed by atoms with Gasteiger partial charge in [-0.3, -0.25) is 9.59 Å². The average molecular weight is 353 g/mol. The molecule has 3 rings (SSSR count). The SMILES string of the molecule is CCC1CCCCN1C(=O)CC1Sc2ccc(Cl)cc2NC1=O. The zero-order valence-corrected chi connectivity index (χ0v) is 14.8. The minimum absolute atomic E-state index is 0.0987. The first-order chi connectivity index (χ1) is 11.1. The minimum Gasteiger partial charge on any atom is -0.340 e. The average Bonchev–Trinajstić information content (AvgIpc) is 2.55. The summed E-state index contributed by atoms with van der Waals surface area (Å²) in [5.41, 5.74) is 0.737. The Balaban J connectivity index is 1.69. The van der Waals surface area contributed by atoms with E-state index < -0.39 is 0 Å². The molecule has 124 valence electrons. The second-order valence-corrected chi connectivity index (χ2v) is 7.77. The summed E-state index contributed by atoms with van der Waals surface area (Å²) in [7, 11) is 0. The van der Waals surface area contributed by atoms with E-state index in [1.54, 1.807) is 6.07 Å². The molecule has 2 aliphatic heterocycles. The highest BCUT2D eigenvalue weighted by Gasteiger charge is 2.33. The van der Waals surface area contributed by atoms with Gasteiger partial charge in [-0.05, 0) is 43.9 Å². The molecule has 2 aliphatic rings. The van der Waals surface area contributed by atoms with E-state index in [4.69, 9.17) is 11.6 Å². The Morgan fingerprint density at radius 2 is 2.26 bits per heavy atom. The molecule has 1 saturated heterocycles. The highest BCUT2D eigenvalue weighted by Crippen LogP contribution is 2.38. The van der Waals surface area contributed by atoms with Crippen molar-refractivity contribution in [2.24, 2.45) is 0 Å². The molecule has 0 bridgehead atoms. The number of hydrogen-bond donors (Lipinski definition) is 1. The normalized spacial score (nSPS) is 24.1. The zero-order chi connectivity index (χ0) is 16.4. The molecule has 1 fully saturated rings. The topological polar surface area (TPSA) is 49.4 Å². The van der Waals surface area contributed by atoms with Gasteiger partial charge in [0.15, 0.2) is 0 Å². The highest BCUT2D eigenvalue weighted by molar-refractivity contribution is 8.01. The zero-order valence-electron chi connectivity index (χ0n) is 13.2. The maximum absolute atomic E-state index is 12.7. The minimum atomic E-state index is -0.365. The number of nitrogens with one attached hydrogen (secondary N) is 1. The molecule has 2 unspecified atom stereocenters. The largest absolute Gasteiger partial charge is 0.340 e. The van der Waals surface area contributed by atoms with Crippen LogP contribution in [-0.4, -0.2) is 34.6 Å². The van der Waals surface area contributed by atoms with Gasteiger partial charge in [0.2, 0.25) is 11.8 Å². The predicted octanol–water partition coefficient (Wildman–Crippen LogP) is 3.93. The van der Waals surface area contributed by atoms with Crippen molar-refractivity contribution in [1.82, 2.24) is 4.90 Å². The van der Waals surface area contributed by atoms with E-state index in [0.29, 0.717) is 11.1 Å². The monoisotopic (exact) mass is 352 g/mol. The lowest BCUT2D eigenvalue weighted by molar-refractivity contribution is -0.136. The molecule has 0 spiro atoms. The van der Waals surface area contributed by atoms with Gasteiger partial charge in [-0.1, -0.05) is 18.5 Å². The lowest BCUT2D eigenvalue weighted by Gasteiger charge is -2.36. The second-order valence-electron chi connectivity index (χ2n) is 6.09. The van der Waals surface area contributed by atoms with E-state index in [2.05, 4.69) is 12.2 Å². The second kappa shape index (κ2) is 7.14. The summed E-state index contributed by atoms with van der Waals surface area (Å²) in [4.78, 5) is 27.9. The van der Waals surface area contributed by atoms with E-state index in [0.717, 1.165) is 36.4 Å². The molecule has 0 aliphatic carbocycles. The van der Waals surface area contributed by atoms with Crippen LogP contribution in [0.3, 0.4) is 0 Å². The van der Waals surface area contributed by atoms with Crippen molar-refractivity contribution in [2.75, 3.05) is 11.9 Å². The summed E-state index contributed by atoms with van der Waals surface area (Å²) in [6, 6.07) is 5.78. The molecule has 1 aromatic carbocycles. The summed E-state index contributed by atoms with van der Waals surface area (Å²) in [5.74, 6) is -0.00946. The molecular weight excluding hydrogens is 332 g/mol. The number of piperidine rings is 1. The molecule has 2 heterocycles. The van der Waals surface area contributed by atoms with Crippen LogP contribution in [0, 0.1) is 0 Å². The Kier molecular flexibility index (Phi) is 5.17. The fourth-order valence-electron chi connectivity index (χ4n) is 3.29. The number of rotatable bonds is 3. The number of likely N-dealkylation sites (tertiary alicyclic amines) is 1. The Morgan fingerprint density at radius 1 is 1.43 bits per heavy atom. The van der Waals surface area contributed by atoms with Crippen LogP contribution < -0.4 is 5.32 Å². The third-order valence-electron chi connectivity index (χ3n) is 4.54. The number of fused-ring (bicyclic) bond motifs is 1. The van der Waals surface area contributed by atoms with Gasteiger partial charge in [-0.25, -0.2) is 0 Å². The van der Waals surface area contributed by atoms with Gasteiger partial charge < -0.3 is 10.2 Å². The smallest absolute Gasteiger partial charge is 0.238 e. The molecule has 0 radical (unpaired) electrons. The Morgan fingerprint density at radius 3 is 3.04 bits per heavy atom. The Hall–Kier alpha value is -1.20. The lowest BCUT2D eigenvalue weighted by atomic mass is 9.99. The summed E-state index contributed by atoms with van der Waals surface area (Å²) in [6.45, 7) is 2.95. The number of carbonyl (C=O) groups is 2. The number of thioether (sulfide) groups is 1. The number of nitrogens with zero attached hydrogens (tertiary/aromatic N) is 1. The maximum atomic E-state index is 12.7. The molecule has 1 aromatic rings. The van der Waals surface area contributed by atoms with Crippen LogP contribution in [0.25, 0.3) is 0 Å². The first-order valence-corrected chi connectivity index (χ1v) is 9.40. The maximum Gasteiger partial charge on any atom is 0.238 e. The fourth-order valence-corrected chi connectivity index (χ4v) is 4.54. The number of halogens is 1. The van der Waals surface area contributed by atoms with Crippen molar-refractivity contribution < 1.29 is 9.59 Å². The lowest BCUT2D eigenvalue weighted by Crippen LogP contribution is -2.45. The molecule has 1 N–H and O–H groups in total. The van der Waals surface area contributed by atoms with Gasteiger partial charge in [-0.2, -0.15) is 0 Å². The van der Waals surface area contributed by atoms with Crippen LogP contribution in [0.4, 0.5) is 5.69 Å². The van der Waals surface area contributed by atoms with Gasteiger partial charge in [-0.15, -0.1) is 11.8 Å². The van der Waals surface area contributed by atoms with Crippen LogP contribution in [0.5, 0.6) is 0 Å². The van der Waals surface area contributed by atoms with Crippen LogP contribution in [-0.2, 0) is 9.59 Å². The van der Waals surface area contributed by atoms with Gasteiger partial charge in [0, 0.05) is 28.9 Å². The summed E-state index contributed by atoms with van der Waals surface area (Å²) in [5, 5.41) is 3.10. The first kappa shape index (κ1) is 16.7. The van der Waals surface area contributed by atoms with Crippen molar-refractivity contribution >= 4 is 40.9 Å². The van der Waals surface area contributed by atoms with E-state index in [1.165, 1.54) is 18.2 Å². The molecule has 2 amide bonds. The fraction of sp³-hybridized carbons (Fsp3) is 0.529. The standard InChI is InChI=1S/C17H21ClN2O2S/c1-2-12-5-3-4-8-20(12)16(21)10-15-17(22)19-13-9-11(18)6-7-14(13)23-15/h6-7,9,12,15H,2-5,8,10H2,1H3,(H,19,22). The van der Waals surface area contributed by atoms with Crippen LogP contribution in [0.1, 0.15) is 39.0 Å². The van der Waals surface area contributed by atoms with Crippen LogP contribution in [0.2, 0.25) is 5.02 Å². The molecular formula is C17H21ClN2O2S. The van der Waals surface area contributed by atoms with Gasteiger partial charge in [0.05, 0.1) is 10.9 Å². The van der Waals surface area contributed by atoms with Crippen LogP contribution in [0.15, 0.2) is 23.1 Å². The van der Waals surface area contributed by atoms with Crippen molar-refractivity contribution in [3.05, 3.63) is 23.2 Å². The van der Waals surface area contributed by atoms with E-state index in [1.807, 2.05) is 17.0 Å².